The molecule has 2 nitrogen and oxygen atoms in total. The number of nitrogens with two attached hydrogens (primary N) is 1. The SMILES string of the molecule is Cl.N#Cc1ccccc1-c1cccc(CN)c1. The minimum Gasteiger partial charge on any atom is -0.326 e. The van der Waals surface area contributed by atoms with Crippen LogP contribution in [0.1, 0.15) is 11.1 Å². The Labute approximate surface area is 107 Å². The maximum absolute atomic E-state index is 9.03. The third kappa shape index (κ3) is 2.85. The zero-order valence-corrected chi connectivity index (χ0v) is 10.1. The van der Waals surface area contributed by atoms with Gasteiger partial charge in [-0.15, -0.1) is 12.4 Å². The van der Waals surface area contributed by atoms with E-state index in [2.05, 4.69) is 6.07 Å². The van der Waals surface area contributed by atoms with Crippen LogP contribution in [0.3, 0.4) is 0 Å². The summed E-state index contributed by atoms with van der Waals surface area (Å²) in [5.74, 6) is 0. The Morgan fingerprint density at radius 1 is 1.06 bits per heavy atom. The molecule has 2 aromatic rings. The van der Waals surface area contributed by atoms with Crippen molar-refractivity contribution in [2.75, 3.05) is 0 Å². The number of rotatable bonds is 2. The monoisotopic (exact) mass is 244 g/mol. The molecular weight excluding hydrogens is 232 g/mol. The highest BCUT2D eigenvalue weighted by molar-refractivity contribution is 5.85. The van der Waals surface area contributed by atoms with Gasteiger partial charge < -0.3 is 5.73 Å². The van der Waals surface area contributed by atoms with E-state index in [-0.39, 0.29) is 12.4 Å². The Bertz CT molecular complexity index is 544. The van der Waals surface area contributed by atoms with Gasteiger partial charge in [-0.1, -0.05) is 36.4 Å². The van der Waals surface area contributed by atoms with Crippen LogP contribution in [0.5, 0.6) is 0 Å². The van der Waals surface area contributed by atoms with Crippen molar-refractivity contribution in [3.8, 4) is 17.2 Å². The van der Waals surface area contributed by atoms with E-state index in [1.165, 1.54) is 0 Å². The van der Waals surface area contributed by atoms with E-state index in [4.69, 9.17) is 11.0 Å². The third-order valence-electron chi connectivity index (χ3n) is 2.52. The van der Waals surface area contributed by atoms with Crippen molar-refractivity contribution in [1.29, 1.82) is 5.26 Å². The predicted molar refractivity (Wildman–Crippen MR) is 71.7 cm³/mol. The van der Waals surface area contributed by atoms with E-state index >= 15 is 0 Å². The van der Waals surface area contributed by atoms with Crippen molar-refractivity contribution < 1.29 is 0 Å². The fourth-order valence-electron chi connectivity index (χ4n) is 1.70. The van der Waals surface area contributed by atoms with E-state index in [1.54, 1.807) is 0 Å². The van der Waals surface area contributed by atoms with Gasteiger partial charge in [0, 0.05) is 6.54 Å². The standard InChI is InChI=1S/C14H12N2.ClH/c15-9-11-4-3-6-12(8-11)14-7-2-1-5-13(14)10-16;/h1-8H,9,15H2;1H. The lowest BCUT2D eigenvalue weighted by atomic mass is 9.99. The quantitative estimate of drug-likeness (QED) is 0.883. The van der Waals surface area contributed by atoms with Gasteiger partial charge in [0.25, 0.3) is 0 Å². The van der Waals surface area contributed by atoms with Gasteiger partial charge in [-0.3, -0.25) is 0 Å². The highest BCUT2D eigenvalue weighted by Crippen LogP contribution is 2.23. The molecule has 0 aliphatic carbocycles. The third-order valence-corrected chi connectivity index (χ3v) is 2.52. The average Bonchev–Trinajstić information content (AvgIpc) is 2.38. The number of halogens is 1. The Morgan fingerprint density at radius 2 is 1.82 bits per heavy atom. The lowest BCUT2D eigenvalue weighted by Crippen LogP contribution is -1.96. The van der Waals surface area contributed by atoms with Gasteiger partial charge >= 0.3 is 0 Å². The highest BCUT2D eigenvalue weighted by atomic mass is 35.5. The van der Waals surface area contributed by atoms with Crippen molar-refractivity contribution >= 4 is 12.4 Å². The number of hydrogen-bond acceptors (Lipinski definition) is 2. The maximum atomic E-state index is 9.03. The highest BCUT2D eigenvalue weighted by Gasteiger charge is 2.03. The maximum Gasteiger partial charge on any atom is 0.0998 e. The normalized spacial score (nSPS) is 9.18. The van der Waals surface area contributed by atoms with Crippen LogP contribution < -0.4 is 5.73 Å². The molecule has 0 fully saturated rings. The Balaban J connectivity index is 0.00000144. The van der Waals surface area contributed by atoms with Crippen molar-refractivity contribution in [1.82, 2.24) is 0 Å². The molecule has 0 unspecified atom stereocenters. The molecule has 17 heavy (non-hydrogen) atoms. The second-order valence-corrected chi connectivity index (χ2v) is 3.56. The van der Waals surface area contributed by atoms with E-state index in [0.717, 1.165) is 16.7 Å². The molecule has 2 rings (SSSR count). The molecule has 86 valence electrons. The first kappa shape index (κ1) is 13.2. The van der Waals surface area contributed by atoms with Gasteiger partial charge in [-0.05, 0) is 28.8 Å². The first-order valence-corrected chi connectivity index (χ1v) is 5.13. The minimum atomic E-state index is 0. The zero-order valence-electron chi connectivity index (χ0n) is 9.26. The molecule has 0 radical (unpaired) electrons. The molecule has 0 amide bonds. The number of hydrogen-bond donors (Lipinski definition) is 1. The van der Waals surface area contributed by atoms with Gasteiger partial charge in [0.05, 0.1) is 11.6 Å². The molecule has 0 bridgehead atoms. The fourth-order valence-corrected chi connectivity index (χ4v) is 1.70. The van der Waals surface area contributed by atoms with Crippen LogP contribution in [-0.4, -0.2) is 0 Å². The van der Waals surface area contributed by atoms with Crippen molar-refractivity contribution in [2.24, 2.45) is 5.73 Å². The Morgan fingerprint density at radius 3 is 2.53 bits per heavy atom. The molecule has 0 aliphatic heterocycles. The van der Waals surface area contributed by atoms with Crippen LogP contribution in [0.4, 0.5) is 0 Å². The van der Waals surface area contributed by atoms with E-state index in [9.17, 15) is 0 Å². The van der Waals surface area contributed by atoms with Crippen LogP contribution in [0, 0.1) is 11.3 Å². The van der Waals surface area contributed by atoms with Crippen LogP contribution in [0.2, 0.25) is 0 Å². The van der Waals surface area contributed by atoms with E-state index < -0.39 is 0 Å². The predicted octanol–water partition coefficient (Wildman–Crippen LogP) is 3.11. The van der Waals surface area contributed by atoms with Gasteiger partial charge in [0.2, 0.25) is 0 Å². The summed E-state index contributed by atoms with van der Waals surface area (Å²) in [5.41, 5.74) is 9.37. The summed E-state index contributed by atoms with van der Waals surface area (Å²) in [6, 6.07) is 17.8. The second kappa shape index (κ2) is 6.05. The van der Waals surface area contributed by atoms with Gasteiger partial charge in [-0.2, -0.15) is 5.26 Å². The van der Waals surface area contributed by atoms with Gasteiger partial charge in [0.15, 0.2) is 0 Å². The topological polar surface area (TPSA) is 49.8 Å². The van der Waals surface area contributed by atoms with E-state index in [0.29, 0.717) is 12.1 Å². The first-order valence-electron chi connectivity index (χ1n) is 5.13. The molecule has 0 aromatic heterocycles. The Hall–Kier alpha value is -1.82. The number of nitrogens with zero attached hydrogens (tertiary/aromatic N) is 1. The summed E-state index contributed by atoms with van der Waals surface area (Å²) in [4.78, 5) is 0. The summed E-state index contributed by atoms with van der Waals surface area (Å²) in [7, 11) is 0. The summed E-state index contributed by atoms with van der Waals surface area (Å²) in [6.45, 7) is 0.516. The molecule has 0 spiro atoms. The summed E-state index contributed by atoms with van der Waals surface area (Å²) in [6.07, 6.45) is 0. The van der Waals surface area contributed by atoms with Crippen molar-refractivity contribution in [2.45, 2.75) is 6.54 Å². The summed E-state index contributed by atoms with van der Waals surface area (Å²) < 4.78 is 0. The number of benzene rings is 2. The molecule has 0 atom stereocenters. The van der Waals surface area contributed by atoms with Crippen LogP contribution in [0.15, 0.2) is 48.5 Å². The Kier molecular flexibility index (Phi) is 4.71. The molecule has 2 N–H and O–H groups in total. The minimum absolute atomic E-state index is 0. The largest absolute Gasteiger partial charge is 0.326 e. The fraction of sp³-hybridized carbons (Fsp3) is 0.0714. The lowest BCUT2D eigenvalue weighted by Gasteiger charge is -2.05. The molecule has 0 heterocycles. The lowest BCUT2D eigenvalue weighted by molar-refractivity contribution is 1.07. The van der Waals surface area contributed by atoms with Crippen LogP contribution in [-0.2, 0) is 6.54 Å². The molecule has 0 saturated carbocycles. The number of nitriles is 1. The van der Waals surface area contributed by atoms with Crippen LogP contribution in [0.25, 0.3) is 11.1 Å². The van der Waals surface area contributed by atoms with E-state index in [1.807, 2.05) is 48.5 Å². The molecule has 2 aromatic carbocycles. The summed E-state index contributed by atoms with van der Waals surface area (Å²) >= 11 is 0. The molecule has 0 saturated heterocycles. The molecule has 0 aliphatic rings. The first-order chi connectivity index (χ1) is 7.85. The summed E-state index contributed by atoms with van der Waals surface area (Å²) in [5, 5.41) is 9.03. The molecular formula is C14H13ClN2. The van der Waals surface area contributed by atoms with Crippen molar-refractivity contribution in [3.05, 3.63) is 59.7 Å². The van der Waals surface area contributed by atoms with Gasteiger partial charge in [0.1, 0.15) is 0 Å². The zero-order chi connectivity index (χ0) is 11.4. The van der Waals surface area contributed by atoms with Gasteiger partial charge in [-0.25, -0.2) is 0 Å². The molecule has 3 heteroatoms. The van der Waals surface area contributed by atoms with Crippen LogP contribution >= 0.6 is 12.4 Å². The average molecular weight is 245 g/mol. The smallest absolute Gasteiger partial charge is 0.0998 e. The second-order valence-electron chi connectivity index (χ2n) is 3.56. The van der Waals surface area contributed by atoms with Crippen molar-refractivity contribution in [3.63, 3.8) is 0 Å².